The Labute approximate surface area is 70.8 Å². The molecule has 0 saturated heterocycles. The molecule has 0 saturated carbocycles. The number of alkyl halides is 2. The number of halogens is 3. The van der Waals surface area contributed by atoms with Crippen molar-refractivity contribution >= 4 is 22.9 Å². The van der Waals surface area contributed by atoms with Crippen LogP contribution in [0.5, 0.6) is 0 Å². The summed E-state index contributed by atoms with van der Waals surface area (Å²) < 4.78 is 25.2. The van der Waals surface area contributed by atoms with Crippen LogP contribution in [0.3, 0.4) is 0 Å². The molecule has 0 aliphatic carbocycles. The molecule has 0 atom stereocenters. The summed E-state index contributed by atoms with van der Waals surface area (Å²) in [7, 11) is 0. The van der Waals surface area contributed by atoms with E-state index in [1.54, 1.807) is 0 Å². The minimum atomic E-state index is -3.40. The van der Waals surface area contributed by atoms with E-state index >= 15 is 0 Å². The van der Waals surface area contributed by atoms with Gasteiger partial charge in [0.15, 0.2) is 0 Å². The molecule has 5 heteroatoms. The molecule has 58 valence electrons. The van der Waals surface area contributed by atoms with E-state index in [1.807, 2.05) is 0 Å². The van der Waals surface area contributed by atoms with Crippen LogP contribution < -0.4 is 0 Å². The average molecular weight is 194 g/mol. The number of nitrogens with zero attached hydrogens (tertiary/aromatic N) is 1. The SMILES string of the molecule is N#CC(F)(F)c1ccc(Cl)s1. The van der Waals surface area contributed by atoms with Crippen molar-refractivity contribution < 1.29 is 8.78 Å². The van der Waals surface area contributed by atoms with Crippen molar-refractivity contribution in [1.82, 2.24) is 0 Å². The molecule has 1 rings (SSSR count). The van der Waals surface area contributed by atoms with Crippen LogP contribution in [0.1, 0.15) is 4.88 Å². The van der Waals surface area contributed by atoms with Gasteiger partial charge < -0.3 is 0 Å². The fraction of sp³-hybridized carbons (Fsp3) is 0.167. The molecule has 0 spiro atoms. The summed E-state index contributed by atoms with van der Waals surface area (Å²) in [5.74, 6) is -3.40. The summed E-state index contributed by atoms with van der Waals surface area (Å²) in [6, 6.07) is 3.38. The fourth-order valence-electron chi connectivity index (χ4n) is 0.538. The van der Waals surface area contributed by atoms with Gasteiger partial charge in [0.1, 0.15) is 6.07 Å². The maximum Gasteiger partial charge on any atom is 0.366 e. The molecule has 0 aromatic carbocycles. The maximum absolute atomic E-state index is 12.5. The lowest BCUT2D eigenvalue weighted by atomic mass is 10.3. The number of rotatable bonds is 1. The molecule has 1 heterocycles. The minimum Gasteiger partial charge on any atom is -0.191 e. The van der Waals surface area contributed by atoms with Gasteiger partial charge in [-0.1, -0.05) is 11.6 Å². The molecule has 0 aliphatic heterocycles. The first-order chi connectivity index (χ1) is 5.06. The second-order valence-electron chi connectivity index (χ2n) is 1.79. The van der Waals surface area contributed by atoms with Gasteiger partial charge in [-0.15, -0.1) is 11.3 Å². The molecule has 1 aromatic heterocycles. The molecule has 1 nitrogen and oxygen atoms in total. The number of thiophene rings is 1. The highest BCUT2D eigenvalue weighted by atomic mass is 35.5. The van der Waals surface area contributed by atoms with Crippen LogP contribution in [-0.2, 0) is 5.92 Å². The summed E-state index contributed by atoms with van der Waals surface area (Å²) in [4.78, 5) is -0.315. The van der Waals surface area contributed by atoms with Crippen LogP contribution in [0.4, 0.5) is 8.78 Å². The zero-order valence-electron chi connectivity index (χ0n) is 5.14. The van der Waals surface area contributed by atoms with E-state index in [2.05, 4.69) is 0 Å². The Morgan fingerprint density at radius 2 is 2.18 bits per heavy atom. The molecule has 0 bridgehead atoms. The third-order valence-corrected chi connectivity index (χ3v) is 2.32. The summed E-state index contributed by atoms with van der Waals surface area (Å²) in [6.45, 7) is 0. The molecule has 0 amide bonds. The van der Waals surface area contributed by atoms with Gasteiger partial charge >= 0.3 is 5.92 Å². The largest absolute Gasteiger partial charge is 0.366 e. The monoisotopic (exact) mass is 193 g/mol. The first-order valence-corrected chi connectivity index (χ1v) is 3.80. The predicted molar refractivity (Wildman–Crippen MR) is 38.8 cm³/mol. The normalized spacial score (nSPS) is 11.1. The lowest BCUT2D eigenvalue weighted by molar-refractivity contribution is 0.0655. The molecule has 0 N–H and O–H groups in total. The molecular weight excluding hydrogens is 192 g/mol. The van der Waals surface area contributed by atoms with Gasteiger partial charge in [-0.05, 0) is 12.1 Å². The van der Waals surface area contributed by atoms with E-state index in [0.717, 1.165) is 12.1 Å². The van der Waals surface area contributed by atoms with Crippen molar-refractivity contribution in [3.63, 3.8) is 0 Å². The van der Waals surface area contributed by atoms with Gasteiger partial charge in [0.25, 0.3) is 0 Å². The zero-order chi connectivity index (χ0) is 8.48. The van der Waals surface area contributed by atoms with Crippen LogP contribution in [-0.4, -0.2) is 0 Å². The van der Waals surface area contributed by atoms with Crippen molar-refractivity contribution in [3.8, 4) is 6.07 Å². The lowest BCUT2D eigenvalue weighted by Crippen LogP contribution is -2.06. The van der Waals surface area contributed by atoms with Gasteiger partial charge in [0.2, 0.25) is 0 Å². The Hall–Kier alpha value is -0.660. The van der Waals surface area contributed by atoms with Crippen LogP contribution in [0.25, 0.3) is 0 Å². The van der Waals surface area contributed by atoms with Crippen LogP contribution in [0, 0.1) is 11.3 Å². The van der Waals surface area contributed by atoms with Crippen molar-refractivity contribution in [2.75, 3.05) is 0 Å². The quantitative estimate of drug-likeness (QED) is 0.673. The van der Waals surface area contributed by atoms with Gasteiger partial charge in [0.05, 0.1) is 9.21 Å². The molecular formula is C6H2ClF2NS. The summed E-state index contributed by atoms with van der Waals surface area (Å²) >= 11 is 6.11. The van der Waals surface area contributed by atoms with Crippen molar-refractivity contribution in [2.24, 2.45) is 0 Å². The molecule has 1 aromatic rings. The molecule has 0 radical (unpaired) electrons. The highest BCUT2D eigenvalue weighted by Crippen LogP contribution is 2.34. The van der Waals surface area contributed by atoms with E-state index in [4.69, 9.17) is 16.9 Å². The van der Waals surface area contributed by atoms with Crippen molar-refractivity contribution in [3.05, 3.63) is 21.3 Å². The predicted octanol–water partition coefficient (Wildman–Crippen LogP) is 3.02. The molecule has 0 unspecified atom stereocenters. The molecule has 11 heavy (non-hydrogen) atoms. The zero-order valence-corrected chi connectivity index (χ0v) is 6.72. The third-order valence-electron chi connectivity index (χ3n) is 1.02. The Kier molecular flexibility index (Phi) is 2.12. The smallest absolute Gasteiger partial charge is 0.191 e. The van der Waals surface area contributed by atoms with Gasteiger partial charge in [-0.2, -0.15) is 14.0 Å². The standard InChI is InChI=1S/C6H2ClF2NS/c7-5-2-1-4(11-5)6(8,9)3-10/h1-2H. The Balaban J connectivity index is 3.04. The Bertz CT molecular complexity index is 302. The Morgan fingerprint density at radius 3 is 2.55 bits per heavy atom. The highest BCUT2D eigenvalue weighted by molar-refractivity contribution is 7.16. The number of hydrogen-bond acceptors (Lipinski definition) is 2. The van der Waals surface area contributed by atoms with Crippen molar-refractivity contribution in [1.29, 1.82) is 5.26 Å². The van der Waals surface area contributed by atoms with Gasteiger partial charge in [-0.25, -0.2) is 0 Å². The molecule has 0 fully saturated rings. The first-order valence-electron chi connectivity index (χ1n) is 2.61. The van der Waals surface area contributed by atoms with Crippen LogP contribution >= 0.6 is 22.9 Å². The van der Waals surface area contributed by atoms with E-state index in [0.29, 0.717) is 11.3 Å². The lowest BCUT2D eigenvalue weighted by Gasteiger charge is -2.01. The van der Waals surface area contributed by atoms with Gasteiger partial charge in [0, 0.05) is 0 Å². The van der Waals surface area contributed by atoms with E-state index < -0.39 is 5.92 Å². The summed E-state index contributed by atoms with van der Waals surface area (Å²) in [5.41, 5.74) is 0. The highest BCUT2D eigenvalue weighted by Gasteiger charge is 2.32. The average Bonchev–Trinajstić information content (AvgIpc) is 2.36. The Morgan fingerprint density at radius 1 is 1.55 bits per heavy atom. The van der Waals surface area contributed by atoms with Gasteiger partial charge in [-0.3, -0.25) is 0 Å². The minimum absolute atomic E-state index is 0.259. The third kappa shape index (κ3) is 1.67. The van der Waals surface area contributed by atoms with Crippen molar-refractivity contribution in [2.45, 2.75) is 5.92 Å². The van der Waals surface area contributed by atoms with E-state index in [1.165, 1.54) is 6.07 Å². The van der Waals surface area contributed by atoms with E-state index in [9.17, 15) is 8.78 Å². The fourth-order valence-corrected chi connectivity index (χ4v) is 1.51. The van der Waals surface area contributed by atoms with Crippen LogP contribution in [0.15, 0.2) is 12.1 Å². The van der Waals surface area contributed by atoms with E-state index in [-0.39, 0.29) is 9.21 Å². The van der Waals surface area contributed by atoms with Crippen LogP contribution in [0.2, 0.25) is 4.34 Å². The second-order valence-corrected chi connectivity index (χ2v) is 3.51. The first kappa shape index (κ1) is 8.44. The molecule has 0 aliphatic rings. The topological polar surface area (TPSA) is 23.8 Å². The number of nitriles is 1. The second kappa shape index (κ2) is 2.76. The number of hydrogen-bond donors (Lipinski definition) is 0. The summed E-state index contributed by atoms with van der Waals surface area (Å²) in [5, 5.41) is 8.02. The maximum atomic E-state index is 12.5. The summed E-state index contributed by atoms with van der Waals surface area (Å²) in [6.07, 6.45) is 0.